The van der Waals surface area contributed by atoms with E-state index in [-0.39, 0.29) is 12.3 Å². The highest BCUT2D eigenvalue weighted by molar-refractivity contribution is 6.36. The second kappa shape index (κ2) is 8.34. The number of fused-ring (bicyclic) bond motifs is 2. The number of benzene rings is 4. The number of rotatable bonds is 5. The summed E-state index contributed by atoms with van der Waals surface area (Å²) in [6.45, 7) is 0. The highest BCUT2D eigenvalue weighted by Crippen LogP contribution is 2.29. The van der Waals surface area contributed by atoms with Gasteiger partial charge in [0.15, 0.2) is 0 Å². The normalized spacial score (nSPS) is 12.1. The van der Waals surface area contributed by atoms with Gasteiger partial charge in [0.1, 0.15) is 6.04 Å². The van der Waals surface area contributed by atoms with Gasteiger partial charge in [-0.1, -0.05) is 77.8 Å². The molecule has 0 aliphatic rings. The zero-order valence-electron chi connectivity index (χ0n) is 15.9. The van der Waals surface area contributed by atoms with Gasteiger partial charge in [0.05, 0.1) is 5.56 Å². The quantitative estimate of drug-likeness (QED) is 0.425. The summed E-state index contributed by atoms with van der Waals surface area (Å²) in [5, 5.41) is 7.09. The highest BCUT2D eigenvalue weighted by atomic mass is 35.5. The van der Waals surface area contributed by atoms with Crippen molar-refractivity contribution < 1.29 is 9.59 Å². The Morgan fingerprint density at radius 2 is 1.37 bits per heavy atom. The average molecular weight is 437 g/mol. The second-order valence-electron chi connectivity index (χ2n) is 7.03. The molecule has 2 amide bonds. The van der Waals surface area contributed by atoms with Crippen LogP contribution in [0.15, 0.2) is 72.8 Å². The number of primary amides is 1. The van der Waals surface area contributed by atoms with Gasteiger partial charge in [-0.25, -0.2) is 0 Å². The number of nitrogens with two attached hydrogens (primary N) is 1. The monoisotopic (exact) mass is 436 g/mol. The summed E-state index contributed by atoms with van der Waals surface area (Å²) in [5.74, 6) is -1.04. The molecular weight excluding hydrogens is 419 g/mol. The van der Waals surface area contributed by atoms with E-state index in [1.54, 1.807) is 18.2 Å². The molecule has 1 atom stereocenters. The third-order valence-electron chi connectivity index (χ3n) is 5.12. The van der Waals surface area contributed by atoms with E-state index < -0.39 is 11.9 Å². The third-order valence-corrected chi connectivity index (χ3v) is 5.83. The van der Waals surface area contributed by atoms with E-state index in [4.69, 9.17) is 28.9 Å². The molecular formula is C24H18Cl2N2O2. The molecule has 4 aromatic rings. The predicted octanol–water partition coefficient (Wildman–Crippen LogP) is 5.13. The van der Waals surface area contributed by atoms with Gasteiger partial charge in [0.2, 0.25) is 5.91 Å². The van der Waals surface area contributed by atoms with Crippen LogP contribution in [0.5, 0.6) is 0 Å². The van der Waals surface area contributed by atoms with Crippen molar-refractivity contribution >= 4 is 56.6 Å². The largest absolute Gasteiger partial charge is 0.368 e. The summed E-state index contributed by atoms with van der Waals surface area (Å²) >= 11 is 12.5. The number of halogens is 2. The molecule has 30 heavy (non-hydrogen) atoms. The molecule has 0 heterocycles. The maximum Gasteiger partial charge on any atom is 0.253 e. The van der Waals surface area contributed by atoms with E-state index >= 15 is 0 Å². The zero-order chi connectivity index (χ0) is 21.3. The molecule has 0 saturated carbocycles. The Kier molecular flexibility index (Phi) is 5.62. The lowest BCUT2D eigenvalue weighted by molar-refractivity contribution is -0.119. The first-order valence-electron chi connectivity index (χ1n) is 9.39. The lowest BCUT2D eigenvalue weighted by Gasteiger charge is -2.19. The van der Waals surface area contributed by atoms with Gasteiger partial charge < -0.3 is 11.1 Å². The van der Waals surface area contributed by atoms with Crippen molar-refractivity contribution in [1.82, 2.24) is 5.32 Å². The van der Waals surface area contributed by atoms with Crippen LogP contribution in [0.3, 0.4) is 0 Å². The standard InChI is InChI=1S/C24H18Cl2N2O2/c25-19-10-5-11-20(26)18(19)13-21(23(27)29)28-24(30)22-16-8-3-1-6-14(16)12-15-7-2-4-9-17(15)22/h1-12,21H,13H2,(H2,27,29)(H,28,30)/t21-/m0/s1. The highest BCUT2D eigenvalue weighted by Gasteiger charge is 2.24. The Morgan fingerprint density at radius 3 is 1.90 bits per heavy atom. The number of carbonyl (C=O) groups excluding carboxylic acids is 2. The number of nitrogens with one attached hydrogen (secondary N) is 1. The lowest BCUT2D eigenvalue weighted by Crippen LogP contribution is -2.46. The van der Waals surface area contributed by atoms with Crippen LogP contribution in [0.25, 0.3) is 21.5 Å². The van der Waals surface area contributed by atoms with Gasteiger partial charge in [-0.15, -0.1) is 0 Å². The molecule has 4 rings (SSSR count). The summed E-state index contributed by atoms with van der Waals surface area (Å²) in [6.07, 6.45) is 0.0995. The van der Waals surface area contributed by atoms with Crippen molar-refractivity contribution in [3.63, 3.8) is 0 Å². The smallest absolute Gasteiger partial charge is 0.253 e. The van der Waals surface area contributed by atoms with E-state index in [0.717, 1.165) is 21.5 Å². The van der Waals surface area contributed by atoms with Gasteiger partial charge in [-0.05, 0) is 45.3 Å². The molecule has 150 valence electrons. The maximum absolute atomic E-state index is 13.4. The minimum atomic E-state index is -0.965. The van der Waals surface area contributed by atoms with Crippen LogP contribution in [-0.2, 0) is 11.2 Å². The van der Waals surface area contributed by atoms with Crippen molar-refractivity contribution in [1.29, 1.82) is 0 Å². The summed E-state index contributed by atoms with van der Waals surface area (Å²) < 4.78 is 0. The van der Waals surface area contributed by atoms with E-state index in [1.165, 1.54) is 0 Å². The first-order chi connectivity index (χ1) is 14.5. The van der Waals surface area contributed by atoms with Crippen molar-refractivity contribution in [2.24, 2.45) is 5.73 Å². The molecule has 0 saturated heterocycles. The topological polar surface area (TPSA) is 72.2 Å². The van der Waals surface area contributed by atoms with Crippen LogP contribution < -0.4 is 11.1 Å². The fourth-order valence-corrected chi connectivity index (χ4v) is 4.19. The molecule has 4 aromatic carbocycles. The minimum Gasteiger partial charge on any atom is -0.368 e. The van der Waals surface area contributed by atoms with Crippen LogP contribution in [0.4, 0.5) is 0 Å². The molecule has 0 radical (unpaired) electrons. The summed E-state index contributed by atoms with van der Waals surface area (Å²) in [6, 6.07) is 21.4. The Hall–Kier alpha value is -3.08. The van der Waals surface area contributed by atoms with E-state index in [9.17, 15) is 9.59 Å². The fraction of sp³-hybridized carbons (Fsp3) is 0.0833. The van der Waals surface area contributed by atoms with Crippen LogP contribution in [0.2, 0.25) is 10.0 Å². The molecule has 6 heteroatoms. The zero-order valence-corrected chi connectivity index (χ0v) is 17.4. The molecule has 0 spiro atoms. The SMILES string of the molecule is NC(=O)[C@H](Cc1c(Cl)cccc1Cl)NC(=O)c1c2ccccc2cc2ccccc12. The molecule has 0 unspecified atom stereocenters. The van der Waals surface area contributed by atoms with Crippen molar-refractivity contribution in [3.8, 4) is 0 Å². The molecule has 4 nitrogen and oxygen atoms in total. The van der Waals surface area contributed by atoms with E-state index in [2.05, 4.69) is 5.32 Å². The van der Waals surface area contributed by atoms with Crippen LogP contribution in [-0.4, -0.2) is 17.9 Å². The second-order valence-corrected chi connectivity index (χ2v) is 7.84. The summed E-state index contributed by atoms with van der Waals surface area (Å²) in [7, 11) is 0. The maximum atomic E-state index is 13.4. The van der Waals surface area contributed by atoms with Gasteiger partial charge in [-0.3, -0.25) is 9.59 Å². The fourth-order valence-electron chi connectivity index (χ4n) is 3.64. The Balaban J connectivity index is 1.76. The van der Waals surface area contributed by atoms with Crippen molar-refractivity contribution in [3.05, 3.63) is 94.0 Å². The Morgan fingerprint density at radius 1 is 0.833 bits per heavy atom. The van der Waals surface area contributed by atoms with Crippen molar-refractivity contribution in [2.45, 2.75) is 12.5 Å². The molecule has 3 N–H and O–H groups in total. The molecule has 0 bridgehead atoms. The van der Waals surface area contributed by atoms with Crippen LogP contribution >= 0.6 is 23.2 Å². The summed E-state index contributed by atoms with van der Waals surface area (Å²) in [4.78, 5) is 25.5. The van der Waals surface area contributed by atoms with Gasteiger partial charge >= 0.3 is 0 Å². The molecule has 0 aliphatic carbocycles. The Bertz CT molecular complexity index is 1210. The molecule has 0 aromatic heterocycles. The first kappa shape index (κ1) is 20.2. The Labute approximate surface area is 183 Å². The van der Waals surface area contributed by atoms with Crippen LogP contribution in [0, 0.1) is 0 Å². The van der Waals surface area contributed by atoms with Crippen molar-refractivity contribution in [2.75, 3.05) is 0 Å². The average Bonchev–Trinajstić information content (AvgIpc) is 2.73. The van der Waals surface area contributed by atoms with Gasteiger partial charge in [0.25, 0.3) is 5.91 Å². The van der Waals surface area contributed by atoms with Gasteiger partial charge in [0, 0.05) is 16.5 Å². The number of carbonyl (C=O) groups is 2. The minimum absolute atomic E-state index is 0.0995. The molecule has 0 fully saturated rings. The number of amides is 2. The van der Waals surface area contributed by atoms with Gasteiger partial charge in [-0.2, -0.15) is 0 Å². The number of hydrogen-bond acceptors (Lipinski definition) is 2. The van der Waals surface area contributed by atoms with E-state index in [0.29, 0.717) is 21.2 Å². The predicted molar refractivity (Wildman–Crippen MR) is 122 cm³/mol. The lowest BCUT2D eigenvalue weighted by atomic mass is 9.95. The van der Waals surface area contributed by atoms with Crippen LogP contribution in [0.1, 0.15) is 15.9 Å². The third kappa shape index (κ3) is 3.84. The summed E-state index contributed by atoms with van der Waals surface area (Å²) in [5.41, 5.74) is 6.66. The van der Waals surface area contributed by atoms with E-state index in [1.807, 2.05) is 54.6 Å². The number of hydrogen-bond donors (Lipinski definition) is 2. The molecule has 0 aliphatic heterocycles. The first-order valence-corrected chi connectivity index (χ1v) is 10.1.